The van der Waals surface area contributed by atoms with Crippen LogP contribution >= 0.6 is 11.8 Å². The van der Waals surface area contributed by atoms with Crippen LogP contribution in [0.5, 0.6) is 0 Å². The van der Waals surface area contributed by atoms with Gasteiger partial charge < -0.3 is 21.7 Å². The van der Waals surface area contributed by atoms with Gasteiger partial charge in [-0.1, -0.05) is 54.6 Å². The number of thioether (sulfide) groups is 1. The molecule has 0 aliphatic carbocycles. The highest BCUT2D eigenvalue weighted by atomic mass is 32.2. The molecule has 46 heavy (non-hydrogen) atoms. The lowest BCUT2D eigenvalue weighted by Gasteiger charge is -2.18. The predicted octanol–water partition coefficient (Wildman–Crippen LogP) is 6.06. The molecular weight excluding hydrogens is 598 g/mol. The second-order valence-electron chi connectivity index (χ2n) is 9.98. The van der Waals surface area contributed by atoms with Crippen molar-refractivity contribution in [2.75, 3.05) is 10.6 Å². The first-order valence-corrected chi connectivity index (χ1v) is 15.1. The average molecular weight is 628 g/mol. The summed E-state index contributed by atoms with van der Waals surface area (Å²) < 4.78 is 0. The third kappa shape index (κ3) is 8.55. The van der Waals surface area contributed by atoms with E-state index in [0.717, 1.165) is 10.5 Å². The van der Waals surface area contributed by atoms with E-state index in [1.165, 1.54) is 11.8 Å². The van der Waals surface area contributed by atoms with Crippen LogP contribution in [0.15, 0.2) is 144 Å². The number of nitrogens with zero attached hydrogens (tertiary/aromatic N) is 1. The highest BCUT2D eigenvalue weighted by Crippen LogP contribution is 2.36. The first-order chi connectivity index (χ1) is 22.4. The molecule has 0 radical (unpaired) electrons. The molecule has 0 saturated heterocycles. The number of aromatic nitrogens is 1. The maximum absolute atomic E-state index is 13.4. The third-order valence-electron chi connectivity index (χ3n) is 6.67. The summed E-state index contributed by atoms with van der Waals surface area (Å²) in [6.07, 6.45) is 4.76. The Morgan fingerprint density at radius 3 is 1.96 bits per heavy atom. The predicted molar refractivity (Wildman–Crippen MR) is 180 cm³/mol. The molecule has 5 N–H and O–H groups in total. The molecule has 5 rings (SSSR count). The Morgan fingerprint density at radius 1 is 0.696 bits per heavy atom. The minimum Gasteiger partial charge on any atom is -0.366 e. The van der Waals surface area contributed by atoms with Crippen molar-refractivity contribution >= 4 is 52.8 Å². The van der Waals surface area contributed by atoms with Crippen molar-refractivity contribution in [1.29, 1.82) is 0 Å². The van der Waals surface area contributed by atoms with Gasteiger partial charge in [0.2, 0.25) is 11.8 Å². The number of rotatable bonds is 11. The molecule has 9 nitrogen and oxygen atoms in total. The standard InChI is InChI=1S/C36H29N5O4S/c37-33(42)26-13-15-28(16-14-26)40-36(45)32(25-9-3-1-4-10-25)46-30-19-17-29(18-20-30)39-35(44)31(22-24-8-7-21-38-23-24)41-34(43)27-11-5-2-6-12-27/h1-23,32H,(H2,37,42)(H,39,44)(H,40,45)(H,41,43)/b31-22-. The zero-order chi connectivity index (χ0) is 32.3. The van der Waals surface area contributed by atoms with E-state index in [4.69, 9.17) is 5.73 Å². The molecule has 1 atom stereocenters. The van der Waals surface area contributed by atoms with Gasteiger partial charge in [-0.15, -0.1) is 11.8 Å². The van der Waals surface area contributed by atoms with E-state index in [0.29, 0.717) is 28.1 Å². The molecule has 5 aromatic rings. The number of carbonyl (C=O) groups is 4. The zero-order valence-corrected chi connectivity index (χ0v) is 25.2. The summed E-state index contributed by atoms with van der Waals surface area (Å²) in [6, 6.07) is 34.9. The Labute approximate surface area is 270 Å². The van der Waals surface area contributed by atoms with Crippen molar-refractivity contribution in [1.82, 2.24) is 10.3 Å². The molecule has 0 aliphatic rings. The molecule has 228 valence electrons. The number of hydrogen-bond acceptors (Lipinski definition) is 6. The molecule has 0 spiro atoms. The van der Waals surface area contributed by atoms with Crippen molar-refractivity contribution < 1.29 is 19.2 Å². The van der Waals surface area contributed by atoms with Gasteiger partial charge in [-0.25, -0.2) is 0 Å². The Bertz CT molecular complexity index is 1850. The molecule has 0 bridgehead atoms. The fourth-order valence-corrected chi connectivity index (χ4v) is 5.37. The van der Waals surface area contributed by atoms with Crippen LogP contribution in [0.1, 0.15) is 37.1 Å². The molecule has 4 aromatic carbocycles. The first kappa shape index (κ1) is 31.4. The smallest absolute Gasteiger partial charge is 0.272 e. The van der Waals surface area contributed by atoms with E-state index in [1.54, 1.807) is 109 Å². The van der Waals surface area contributed by atoms with E-state index in [-0.39, 0.29) is 11.6 Å². The lowest BCUT2D eigenvalue weighted by atomic mass is 10.1. The summed E-state index contributed by atoms with van der Waals surface area (Å²) in [6.45, 7) is 0. The van der Waals surface area contributed by atoms with Crippen LogP contribution in [0.2, 0.25) is 0 Å². The summed E-state index contributed by atoms with van der Waals surface area (Å²) in [7, 11) is 0. The Hall–Kier alpha value is -6.00. The summed E-state index contributed by atoms with van der Waals surface area (Å²) in [4.78, 5) is 55.9. The number of carbonyl (C=O) groups excluding carboxylic acids is 4. The van der Waals surface area contributed by atoms with E-state index in [1.807, 2.05) is 30.3 Å². The fraction of sp³-hybridized carbons (Fsp3) is 0.0278. The number of benzene rings is 4. The third-order valence-corrected chi connectivity index (χ3v) is 7.93. The van der Waals surface area contributed by atoms with Crippen LogP contribution in [0.25, 0.3) is 6.08 Å². The molecule has 0 fully saturated rings. The lowest BCUT2D eigenvalue weighted by molar-refractivity contribution is -0.116. The van der Waals surface area contributed by atoms with Crippen LogP contribution in [-0.4, -0.2) is 28.6 Å². The van der Waals surface area contributed by atoms with Crippen LogP contribution in [0.4, 0.5) is 11.4 Å². The number of nitrogens with one attached hydrogen (secondary N) is 3. The number of hydrogen-bond donors (Lipinski definition) is 4. The molecule has 1 unspecified atom stereocenters. The number of pyridine rings is 1. The average Bonchev–Trinajstić information content (AvgIpc) is 3.09. The number of primary amides is 1. The molecule has 4 amide bonds. The maximum atomic E-state index is 13.4. The van der Waals surface area contributed by atoms with Gasteiger partial charge >= 0.3 is 0 Å². The normalized spacial score (nSPS) is 11.6. The second-order valence-corrected chi connectivity index (χ2v) is 11.2. The number of nitrogens with two attached hydrogens (primary N) is 1. The minimum atomic E-state index is -0.598. The monoisotopic (exact) mass is 627 g/mol. The number of amides is 4. The Balaban J connectivity index is 1.30. The van der Waals surface area contributed by atoms with E-state index < -0.39 is 23.0 Å². The number of anilines is 2. The highest BCUT2D eigenvalue weighted by molar-refractivity contribution is 8.00. The van der Waals surface area contributed by atoms with E-state index in [2.05, 4.69) is 20.9 Å². The lowest BCUT2D eigenvalue weighted by Crippen LogP contribution is -2.30. The van der Waals surface area contributed by atoms with Gasteiger partial charge in [-0.2, -0.15) is 0 Å². The largest absolute Gasteiger partial charge is 0.366 e. The van der Waals surface area contributed by atoms with E-state index >= 15 is 0 Å². The van der Waals surface area contributed by atoms with Gasteiger partial charge in [0, 0.05) is 39.8 Å². The van der Waals surface area contributed by atoms with Crippen LogP contribution in [-0.2, 0) is 9.59 Å². The molecule has 1 aromatic heterocycles. The van der Waals surface area contributed by atoms with Crippen molar-refractivity contribution in [2.24, 2.45) is 5.73 Å². The highest BCUT2D eigenvalue weighted by Gasteiger charge is 2.23. The zero-order valence-electron chi connectivity index (χ0n) is 24.4. The minimum absolute atomic E-state index is 0.0463. The maximum Gasteiger partial charge on any atom is 0.272 e. The van der Waals surface area contributed by atoms with Crippen LogP contribution in [0.3, 0.4) is 0 Å². The van der Waals surface area contributed by atoms with Gasteiger partial charge in [-0.3, -0.25) is 24.2 Å². The quantitative estimate of drug-likeness (QED) is 0.104. The first-order valence-electron chi connectivity index (χ1n) is 14.2. The Kier molecular flexibility index (Phi) is 10.3. The van der Waals surface area contributed by atoms with Crippen molar-refractivity contribution in [3.63, 3.8) is 0 Å². The van der Waals surface area contributed by atoms with Gasteiger partial charge in [0.05, 0.1) is 0 Å². The van der Waals surface area contributed by atoms with E-state index in [9.17, 15) is 19.2 Å². The molecule has 10 heteroatoms. The summed E-state index contributed by atoms with van der Waals surface area (Å²) >= 11 is 1.34. The summed E-state index contributed by atoms with van der Waals surface area (Å²) in [5, 5.41) is 7.86. The second kappa shape index (κ2) is 15.1. The SMILES string of the molecule is NC(=O)c1ccc(NC(=O)C(Sc2ccc(NC(=O)/C(=C/c3cccnc3)NC(=O)c3ccccc3)cc2)c2ccccc2)cc1. The molecule has 0 saturated carbocycles. The van der Waals surface area contributed by atoms with Crippen LogP contribution < -0.4 is 21.7 Å². The topological polar surface area (TPSA) is 143 Å². The molecule has 1 heterocycles. The van der Waals surface area contributed by atoms with Crippen molar-refractivity contribution in [2.45, 2.75) is 10.1 Å². The van der Waals surface area contributed by atoms with Gasteiger partial charge in [0.1, 0.15) is 10.9 Å². The van der Waals surface area contributed by atoms with Gasteiger partial charge in [0.15, 0.2) is 0 Å². The summed E-state index contributed by atoms with van der Waals surface area (Å²) in [5.41, 5.74) is 8.60. The fourth-order valence-electron chi connectivity index (χ4n) is 4.35. The van der Waals surface area contributed by atoms with Crippen molar-refractivity contribution in [3.8, 4) is 0 Å². The van der Waals surface area contributed by atoms with Crippen LogP contribution in [0, 0.1) is 0 Å². The summed E-state index contributed by atoms with van der Waals surface area (Å²) in [5.74, 6) is -1.74. The Morgan fingerprint density at radius 2 is 1.33 bits per heavy atom. The van der Waals surface area contributed by atoms with Crippen molar-refractivity contribution in [3.05, 3.63) is 162 Å². The van der Waals surface area contributed by atoms with Gasteiger partial charge in [0.25, 0.3) is 11.8 Å². The molecule has 0 aliphatic heterocycles. The van der Waals surface area contributed by atoms with Gasteiger partial charge in [-0.05, 0) is 83.9 Å². The molecular formula is C36H29N5O4S.